The molecule has 1 aromatic carbocycles. The van der Waals surface area contributed by atoms with Gasteiger partial charge in [-0.15, -0.1) is 0 Å². The number of likely N-dealkylation sites (tertiary alicyclic amines) is 1. The van der Waals surface area contributed by atoms with Crippen molar-refractivity contribution in [1.82, 2.24) is 4.90 Å². The van der Waals surface area contributed by atoms with Crippen molar-refractivity contribution in [1.29, 1.82) is 0 Å². The summed E-state index contributed by atoms with van der Waals surface area (Å²) >= 11 is 12.2. The largest absolute Gasteiger partial charge is 0.478 e. The zero-order valence-electron chi connectivity index (χ0n) is 16.4. The van der Waals surface area contributed by atoms with Gasteiger partial charge in [0.05, 0.1) is 16.7 Å². The number of carboxylic acids is 2. The SMILES string of the molecule is CN1CC[C@H](c2ccc(Cl)c(Cl)c2)[C@H](COCC2CC2)C1.O=C(O)C=CC(=O)O. The summed E-state index contributed by atoms with van der Waals surface area (Å²) in [5, 5.41) is 16.9. The van der Waals surface area contributed by atoms with E-state index in [2.05, 4.69) is 18.0 Å². The average Bonchev–Trinajstić information content (AvgIpc) is 3.48. The van der Waals surface area contributed by atoms with Crippen molar-refractivity contribution in [2.24, 2.45) is 11.8 Å². The first-order valence-corrected chi connectivity index (χ1v) is 10.4. The van der Waals surface area contributed by atoms with E-state index in [1.807, 2.05) is 12.1 Å². The first-order chi connectivity index (χ1) is 13.8. The van der Waals surface area contributed by atoms with Gasteiger partial charge in [0, 0.05) is 31.2 Å². The molecule has 2 fully saturated rings. The van der Waals surface area contributed by atoms with Crippen molar-refractivity contribution in [3.63, 3.8) is 0 Å². The van der Waals surface area contributed by atoms with Crippen molar-refractivity contribution in [3.05, 3.63) is 46.0 Å². The highest BCUT2D eigenvalue weighted by Gasteiger charge is 2.30. The molecule has 0 aromatic heterocycles. The third-order valence-corrected chi connectivity index (χ3v) is 5.80. The van der Waals surface area contributed by atoms with Gasteiger partial charge in [-0.25, -0.2) is 9.59 Å². The van der Waals surface area contributed by atoms with Crippen LogP contribution in [0, 0.1) is 11.8 Å². The van der Waals surface area contributed by atoms with Crippen LogP contribution in [0.4, 0.5) is 0 Å². The number of hydrogen-bond donors (Lipinski definition) is 2. The Hall–Kier alpha value is -1.60. The molecule has 1 heterocycles. The highest BCUT2D eigenvalue weighted by molar-refractivity contribution is 6.42. The first-order valence-electron chi connectivity index (χ1n) is 9.61. The number of carbonyl (C=O) groups is 2. The minimum atomic E-state index is -1.26. The fourth-order valence-electron chi connectivity index (χ4n) is 3.38. The molecule has 2 aliphatic rings. The predicted molar refractivity (Wildman–Crippen MR) is 113 cm³/mol. The van der Waals surface area contributed by atoms with Crippen LogP contribution < -0.4 is 0 Å². The van der Waals surface area contributed by atoms with E-state index in [1.165, 1.54) is 18.4 Å². The van der Waals surface area contributed by atoms with Crippen molar-refractivity contribution >= 4 is 35.1 Å². The van der Waals surface area contributed by atoms with Gasteiger partial charge in [-0.2, -0.15) is 0 Å². The fraction of sp³-hybridized carbons (Fsp3) is 0.524. The van der Waals surface area contributed by atoms with Crippen molar-refractivity contribution in [2.75, 3.05) is 33.4 Å². The smallest absolute Gasteiger partial charge is 0.328 e. The lowest BCUT2D eigenvalue weighted by molar-refractivity contribution is -0.134. The molecule has 0 bridgehead atoms. The maximum absolute atomic E-state index is 9.55. The molecule has 160 valence electrons. The predicted octanol–water partition coefficient (Wildman–Crippen LogP) is 4.17. The van der Waals surface area contributed by atoms with E-state index in [1.54, 1.807) is 0 Å². The van der Waals surface area contributed by atoms with Gasteiger partial charge < -0.3 is 19.8 Å². The number of carboxylic acid groups (broad SMARTS) is 2. The Morgan fingerprint density at radius 3 is 2.31 bits per heavy atom. The minimum Gasteiger partial charge on any atom is -0.478 e. The van der Waals surface area contributed by atoms with Crippen LogP contribution in [0.1, 0.15) is 30.7 Å². The van der Waals surface area contributed by atoms with Gasteiger partial charge >= 0.3 is 11.9 Å². The topological polar surface area (TPSA) is 87.1 Å². The molecule has 0 spiro atoms. The van der Waals surface area contributed by atoms with Crippen LogP contribution in [0.15, 0.2) is 30.4 Å². The summed E-state index contributed by atoms with van der Waals surface area (Å²) < 4.78 is 5.97. The van der Waals surface area contributed by atoms with Gasteiger partial charge in [0.1, 0.15) is 0 Å². The van der Waals surface area contributed by atoms with Crippen molar-refractivity contribution in [3.8, 4) is 0 Å². The van der Waals surface area contributed by atoms with Gasteiger partial charge in [0.15, 0.2) is 0 Å². The lowest BCUT2D eigenvalue weighted by Crippen LogP contribution is -2.39. The molecule has 8 heteroatoms. The number of rotatable bonds is 7. The Bertz CT molecular complexity index is 720. The van der Waals surface area contributed by atoms with E-state index in [-0.39, 0.29) is 0 Å². The zero-order chi connectivity index (χ0) is 21.4. The second kappa shape index (κ2) is 11.6. The van der Waals surface area contributed by atoms with Crippen LogP contribution in [0.5, 0.6) is 0 Å². The molecule has 1 saturated heterocycles. The van der Waals surface area contributed by atoms with E-state index in [0.717, 1.165) is 38.6 Å². The molecular weight excluding hydrogens is 417 g/mol. The van der Waals surface area contributed by atoms with Crippen LogP contribution in [0.3, 0.4) is 0 Å². The van der Waals surface area contributed by atoms with E-state index in [4.69, 9.17) is 38.2 Å². The van der Waals surface area contributed by atoms with E-state index in [0.29, 0.717) is 34.0 Å². The number of halogens is 2. The summed E-state index contributed by atoms with van der Waals surface area (Å²) in [5.41, 5.74) is 1.30. The molecule has 2 atom stereocenters. The van der Waals surface area contributed by atoms with Crippen LogP contribution in [0.2, 0.25) is 10.0 Å². The van der Waals surface area contributed by atoms with Crippen molar-refractivity contribution in [2.45, 2.75) is 25.2 Å². The Kier molecular flexibility index (Phi) is 9.43. The highest BCUT2D eigenvalue weighted by atomic mass is 35.5. The molecule has 6 nitrogen and oxygen atoms in total. The molecule has 1 aliphatic heterocycles. The second-order valence-corrected chi connectivity index (χ2v) is 8.40. The number of benzene rings is 1. The van der Waals surface area contributed by atoms with E-state index < -0.39 is 11.9 Å². The number of ether oxygens (including phenoxy) is 1. The monoisotopic (exact) mass is 443 g/mol. The van der Waals surface area contributed by atoms with Crippen LogP contribution in [0.25, 0.3) is 0 Å². The van der Waals surface area contributed by atoms with Gasteiger partial charge in [0.25, 0.3) is 0 Å². The standard InChI is InChI=1S/C17H23Cl2NO.C4H4O4/c1-20-7-6-15(13-4-5-16(18)17(19)8-13)14(9-20)11-21-10-12-2-3-12;5-3(6)1-2-4(7)8/h4-5,8,12,14-15H,2-3,6-7,9-11H2,1H3;1-2H,(H,5,6)(H,7,8)/t14-,15+;/m0./s1. The molecule has 3 rings (SSSR count). The molecule has 1 aliphatic carbocycles. The lowest BCUT2D eigenvalue weighted by atomic mass is 9.81. The van der Waals surface area contributed by atoms with Gasteiger partial charge in [-0.1, -0.05) is 29.3 Å². The molecular formula is C21H27Cl2NO5. The average molecular weight is 444 g/mol. The summed E-state index contributed by atoms with van der Waals surface area (Å²) in [4.78, 5) is 21.5. The lowest BCUT2D eigenvalue weighted by Gasteiger charge is -2.37. The Balaban J connectivity index is 0.000000321. The fourth-order valence-corrected chi connectivity index (χ4v) is 3.68. The maximum Gasteiger partial charge on any atom is 0.328 e. The summed E-state index contributed by atoms with van der Waals surface area (Å²) in [6.07, 6.45) is 4.97. The number of hydrogen-bond acceptors (Lipinski definition) is 4. The normalized spacial score (nSPS) is 22.2. The summed E-state index contributed by atoms with van der Waals surface area (Å²) in [6.45, 7) is 4.01. The third kappa shape index (κ3) is 8.74. The second-order valence-electron chi connectivity index (χ2n) is 7.58. The highest BCUT2D eigenvalue weighted by Crippen LogP contribution is 2.36. The number of aliphatic carboxylic acids is 2. The quantitative estimate of drug-likeness (QED) is 0.614. The summed E-state index contributed by atoms with van der Waals surface area (Å²) in [5.74, 6) is -0.621. The Morgan fingerprint density at radius 1 is 1.10 bits per heavy atom. The van der Waals surface area contributed by atoms with Gasteiger partial charge in [0.2, 0.25) is 0 Å². The van der Waals surface area contributed by atoms with Crippen molar-refractivity contribution < 1.29 is 24.5 Å². The molecule has 29 heavy (non-hydrogen) atoms. The van der Waals surface area contributed by atoms with Crippen LogP contribution >= 0.6 is 23.2 Å². The molecule has 1 saturated carbocycles. The number of nitrogens with zero attached hydrogens (tertiary/aromatic N) is 1. The molecule has 0 radical (unpaired) electrons. The van der Waals surface area contributed by atoms with E-state index in [9.17, 15) is 9.59 Å². The molecule has 0 unspecified atom stereocenters. The zero-order valence-corrected chi connectivity index (χ0v) is 17.9. The van der Waals surface area contributed by atoms with Gasteiger partial charge in [-0.05, 0) is 62.4 Å². The number of piperidine rings is 1. The Labute approximate surface area is 181 Å². The molecule has 1 aromatic rings. The molecule has 0 amide bonds. The summed E-state index contributed by atoms with van der Waals surface area (Å²) in [7, 11) is 2.19. The summed E-state index contributed by atoms with van der Waals surface area (Å²) in [6, 6.07) is 6.07. The first kappa shape index (κ1) is 23.7. The van der Waals surface area contributed by atoms with Gasteiger partial charge in [-0.3, -0.25) is 0 Å². The Morgan fingerprint density at radius 2 is 1.76 bits per heavy atom. The van der Waals surface area contributed by atoms with Crippen LogP contribution in [-0.4, -0.2) is 60.4 Å². The van der Waals surface area contributed by atoms with E-state index >= 15 is 0 Å². The third-order valence-electron chi connectivity index (χ3n) is 5.06. The molecule has 2 N–H and O–H groups in total. The van der Waals surface area contributed by atoms with Crippen LogP contribution in [-0.2, 0) is 14.3 Å². The minimum absolute atomic E-state index is 0.523. The maximum atomic E-state index is 9.55.